The van der Waals surface area contributed by atoms with Gasteiger partial charge in [-0.05, 0) is 45.4 Å². The molecule has 0 aromatic carbocycles. The first-order valence-corrected chi connectivity index (χ1v) is 7.17. The summed E-state index contributed by atoms with van der Waals surface area (Å²) in [7, 11) is 1.80. The third-order valence-corrected chi connectivity index (χ3v) is 4.56. The van der Waals surface area contributed by atoms with E-state index in [1.807, 2.05) is 0 Å². The maximum Gasteiger partial charge on any atom is 0.0637 e. The predicted octanol–water partition coefficient (Wildman–Crippen LogP) is 3.60. The van der Waals surface area contributed by atoms with Crippen molar-refractivity contribution in [3.8, 4) is 0 Å². The zero-order chi connectivity index (χ0) is 13.1. The summed E-state index contributed by atoms with van der Waals surface area (Å²) in [6, 6.07) is 1.23. The van der Waals surface area contributed by atoms with Crippen molar-refractivity contribution >= 4 is 0 Å². The third kappa shape index (κ3) is 4.59. The van der Waals surface area contributed by atoms with Crippen LogP contribution >= 0.6 is 0 Å². The molecule has 4 unspecified atom stereocenters. The molecule has 2 nitrogen and oxygen atoms in total. The number of nitrogens with one attached hydrogen (secondary N) is 1. The largest absolute Gasteiger partial charge is 0.379 e. The summed E-state index contributed by atoms with van der Waals surface area (Å²) in [6.07, 6.45) is 5.19. The van der Waals surface area contributed by atoms with Crippen molar-refractivity contribution in [2.75, 3.05) is 7.11 Å². The molecule has 102 valence electrons. The molecule has 4 atom stereocenters. The minimum Gasteiger partial charge on any atom is -0.379 e. The maximum absolute atomic E-state index is 5.51. The zero-order valence-corrected chi connectivity index (χ0v) is 12.5. The van der Waals surface area contributed by atoms with Crippen LogP contribution in [0.5, 0.6) is 0 Å². The van der Waals surface area contributed by atoms with Crippen LogP contribution in [0, 0.1) is 11.8 Å². The van der Waals surface area contributed by atoms with Crippen LogP contribution in [-0.4, -0.2) is 24.8 Å². The van der Waals surface area contributed by atoms with Gasteiger partial charge in [-0.25, -0.2) is 0 Å². The van der Waals surface area contributed by atoms with Crippen molar-refractivity contribution < 1.29 is 4.74 Å². The van der Waals surface area contributed by atoms with E-state index in [9.17, 15) is 0 Å². The Balaban J connectivity index is 2.42. The van der Waals surface area contributed by atoms with Crippen molar-refractivity contribution in [2.45, 2.75) is 78.0 Å². The van der Waals surface area contributed by atoms with E-state index in [0.717, 1.165) is 18.3 Å². The van der Waals surface area contributed by atoms with E-state index >= 15 is 0 Å². The molecule has 0 heterocycles. The molecule has 0 bridgehead atoms. The minimum absolute atomic E-state index is 0.0179. The summed E-state index contributed by atoms with van der Waals surface area (Å²) >= 11 is 0. The smallest absolute Gasteiger partial charge is 0.0637 e. The van der Waals surface area contributed by atoms with E-state index in [1.54, 1.807) is 7.11 Å². The van der Waals surface area contributed by atoms with Gasteiger partial charge in [0, 0.05) is 19.2 Å². The van der Waals surface area contributed by atoms with Crippen LogP contribution in [0.25, 0.3) is 0 Å². The van der Waals surface area contributed by atoms with Crippen LogP contribution in [-0.2, 0) is 4.74 Å². The quantitative estimate of drug-likeness (QED) is 0.794. The first-order valence-electron chi connectivity index (χ1n) is 7.17. The average molecular weight is 241 g/mol. The Kier molecular flexibility index (Phi) is 5.46. The highest BCUT2D eigenvalue weighted by Gasteiger charge is 2.29. The van der Waals surface area contributed by atoms with Crippen LogP contribution in [0.4, 0.5) is 0 Å². The van der Waals surface area contributed by atoms with Gasteiger partial charge < -0.3 is 10.1 Å². The summed E-state index contributed by atoms with van der Waals surface area (Å²) < 4.78 is 5.51. The highest BCUT2D eigenvalue weighted by Crippen LogP contribution is 2.30. The van der Waals surface area contributed by atoms with Gasteiger partial charge in [0.15, 0.2) is 0 Å². The first-order chi connectivity index (χ1) is 7.85. The van der Waals surface area contributed by atoms with Crippen LogP contribution < -0.4 is 5.32 Å². The lowest BCUT2D eigenvalue weighted by Gasteiger charge is -2.38. The number of methoxy groups -OCH3 is 1. The maximum atomic E-state index is 5.51. The Morgan fingerprint density at radius 1 is 1.29 bits per heavy atom. The Hall–Kier alpha value is -0.0800. The monoisotopic (exact) mass is 241 g/mol. The van der Waals surface area contributed by atoms with Gasteiger partial charge in [0.05, 0.1) is 5.60 Å². The molecular weight excluding hydrogens is 210 g/mol. The zero-order valence-electron chi connectivity index (χ0n) is 12.5. The van der Waals surface area contributed by atoms with Gasteiger partial charge in [0.2, 0.25) is 0 Å². The van der Waals surface area contributed by atoms with Crippen LogP contribution in [0.1, 0.15) is 60.3 Å². The van der Waals surface area contributed by atoms with Crippen molar-refractivity contribution in [2.24, 2.45) is 11.8 Å². The Morgan fingerprint density at radius 2 is 1.94 bits per heavy atom. The summed E-state index contributed by atoms with van der Waals surface area (Å²) in [4.78, 5) is 0. The molecule has 1 rings (SSSR count). The molecule has 1 aliphatic carbocycles. The molecule has 0 saturated heterocycles. The second-order valence-electron chi connectivity index (χ2n) is 6.61. The highest BCUT2D eigenvalue weighted by molar-refractivity contribution is 4.85. The van der Waals surface area contributed by atoms with Crippen molar-refractivity contribution in [3.63, 3.8) is 0 Å². The van der Waals surface area contributed by atoms with Gasteiger partial charge in [-0.3, -0.25) is 0 Å². The van der Waals surface area contributed by atoms with Crippen LogP contribution in [0.15, 0.2) is 0 Å². The molecule has 0 radical (unpaired) electrons. The van der Waals surface area contributed by atoms with Crippen LogP contribution in [0.3, 0.4) is 0 Å². The van der Waals surface area contributed by atoms with Gasteiger partial charge in [-0.1, -0.05) is 26.7 Å². The topological polar surface area (TPSA) is 21.3 Å². The van der Waals surface area contributed by atoms with Gasteiger partial charge in [0.1, 0.15) is 0 Å². The molecule has 0 aromatic heterocycles. The second-order valence-corrected chi connectivity index (χ2v) is 6.61. The summed E-state index contributed by atoms with van der Waals surface area (Å²) in [5, 5.41) is 3.81. The van der Waals surface area contributed by atoms with Crippen molar-refractivity contribution in [1.82, 2.24) is 5.32 Å². The fourth-order valence-corrected chi connectivity index (χ4v) is 3.06. The first kappa shape index (κ1) is 15.0. The molecule has 0 spiro atoms. The standard InChI is InChI=1S/C15H31NO/c1-11-8-7-9-14(13(11)3)16-12(2)10-15(4,5)17-6/h11-14,16H,7-10H2,1-6H3. The van der Waals surface area contributed by atoms with E-state index in [2.05, 4.69) is 39.9 Å². The molecule has 0 amide bonds. The molecule has 17 heavy (non-hydrogen) atoms. The number of ether oxygens (including phenoxy) is 1. The lowest BCUT2D eigenvalue weighted by atomic mass is 9.77. The fourth-order valence-electron chi connectivity index (χ4n) is 3.06. The molecular formula is C15H31NO. The highest BCUT2D eigenvalue weighted by atomic mass is 16.5. The normalized spacial score (nSPS) is 32.5. The summed E-state index contributed by atoms with van der Waals surface area (Å²) in [6.45, 7) is 11.4. The van der Waals surface area contributed by atoms with Crippen molar-refractivity contribution in [3.05, 3.63) is 0 Å². The molecule has 1 aliphatic rings. The molecule has 1 N–H and O–H groups in total. The average Bonchev–Trinajstić information content (AvgIpc) is 2.24. The molecule has 1 saturated carbocycles. The lowest BCUT2D eigenvalue weighted by molar-refractivity contribution is 0.00605. The number of hydrogen-bond donors (Lipinski definition) is 1. The SMILES string of the molecule is COC(C)(C)CC(C)NC1CCCC(C)C1C. The molecule has 0 aromatic rings. The number of rotatable bonds is 5. The van der Waals surface area contributed by atoms with E-state index < -0.39 is 0 Å². The second kappa shape index (κ2) is 6.19. The van der Waals surface area contributed by atoms with E-state index in [0.29, 0.717) is 12.1 Å². The van der Waals surface area contributed by atoms with Crippen LogP contribution in [0.2, 0.25) is 0 Å². The Bertz CT molecular complexity index is 227. The molecule has 2 heteroatoms. The van der Waals surface area contributed by atoms with Gasteiger partial charge >= 0.3 is 0 Å². The van der Waals surface area contributed by atoms with E-state index in [-0.39, 0.29) is 5.60 Å². The van der Waals surface area contributed by atoms with Crippen molar-refractivity contribution in [1.29, 1.82) is 0 Å². The predicted molar refractivity (Wildman–Crippen MR) is 74.3 cm³/mol. The van der Waals surface area contributed by atoms with E-state index in [4.69, 9.17) is 4.74 Å². The fraction of sp³-hybridized carbons (Fsp3) is 1.00. The van der Waals surface area contributed by atoms with Gasteiger partial charge in [0.25, 0.3) is 0 Å². The minimum atomic E-state index is -0.0179. The molecule has 0 aliphatic heterocycles. The Labute approximate surface area is 108 Å². The van der Waals surface area contributed by atoms with Gasteiger partial charge in [-0.2, -0.15) is 0 Å². The van der Waals surface area contributed by atoms with Gasteiger partial charge in [-0.15, -0.1) is 0 Å². The lowest BCUT2D eigenvalue weighted by Crippen LogP contribution is -2.47. The Morgan fingerprint density at radius 3 is 2.53 bits per heavy atom. The molecule has 1 fully saturated rings. The summed E-state index contributed by atoms with van der Waals surface area (Å²) in [5.41, 5.74) is -0.0179. The summed E-state index contributed by atoms with van der Waals surface area (Å²) in [5.74, 6) is 1.67. The third-order valence-electron chi connectivity index (χ3n) is 4.56. The number of hydrogen-bond acceptors (Lipinski definition) is 2. The van der Waals surface area contributed by atoms with E-state index in [1.165, 1.54) is 19.3 Å².